The van der Waals surface area contributed by atoms with Gasteiger partial charge in [0.1, 0.15) is 11.9 Å². The van der Waals surface area contributed by atoms with Crippen LogP contribution in [0.25, 0.3) is 0 Å². The van der Waals surface area contributed by atoms with Gasteiger partial charge in [-0.15, -0.1) is 11.3 Å². The topological polar surface area (TPSA) is 21.3 Å². The van der Waals surface area contributed by atoms with Crippen LogP contribution in [0.4, 0.5) is 0 Å². The Hall–Kier alpha value is -0.360. The van der Waals surface area contributed by atoms with Crippen molar-refractivity contribution in [2.24, 2.45) is 0 Å². The molecule has 3 rings (SSSR count). The summed E-state index contributed by atoms with van der Waals surface area (Å²) in [4.78, 5) is 1.27. The highest BCUT2D eigenvalue weighted by molar-refractivity contribution is 9.10. The minimum Gasteiger partial charge on any atom is -0.484 e. The molecule has 5 heteroatoms. The molecule has 1 aromatic heterocycles. The van der Waals surface area contributed by atoms with E-state index in [0.29, 0.717) is 6.04 Å². The lowest BCUT2D eigenvalue weighted by Crippen LogP contribution is -2.29. The van der Waals surface area contributed by atoms with Gasteiger partial charge in [-0.1, -0.05) is 28.9 Å². The predicted octanol–water partition coefficient (Wildman–Crippen LogP) is 5.84. The predicted molar refractivity (Wildman–Crippen MR) is 95.2 cm³/mol. The first-order chi connectivity index (χ1) is 10.2. The third-order valence-corrected chi connectivity index (χ3v) is 6.10. The summed E-state index contributed by atoms with van der Waals surface area (Å²) >= 11 is 8.92. The van der Waals surface area contributed by atoms with Gasteiger partial charge in [-0.25, -0.2) is 0 Å². The maximum Gasteiger partial charge on any atom is 0.136 e. The first-order valence-corrected chi connectivity index (χ1v) is 9.58. The zero-order valence-electron chi connectivity index (χ0n) is 11.7. The lowest BCUT2D eigenvalue weighted by atomic mass is 9.95. The Morgan fingerprint density at radius 3 is 2.90 bits per heavy atom. The van der Waals surface area contributed by atoms with Gasteiger partial charge >= 0.3 is 0 Å². The van der Waals surface area contributed by atoms with Gasteiger partial charge in [0, 0.05) is 27.0 Å². The highest BCUT2D eigenvalue weighted by Gasteiger charge is 2.30. The maximum atomic E-state index is 6.26. The number of benzene rings is 1. The Kier molecular flexibility index (Phi) is 5.04. The van der Waals surface area contributed by atoms with Crippen molar-refractivity contribution in [3.63, 3.8) is 0 Å². The third-order valence-electron chi connectivity index (χ3n) is 3.65. The summed E-state index contributed by atoms with van der Waals surface area (Å²) in [6.45, 7) is 3.22. The molecule has 2 nitrogen and oxygen atoms in total. The van der Waals surface area contributed by atoms with Crippen molar-refractivity contribution in [3.05, 3.63) is 49.0 Å². The number of nitrogens with one attached hydrogen (secondary N) is 1. The summed E-state index contributed by atoms with van der Waals surface area (Å²) in [6.07, 6.45) is 2.21. The van der Waals surface area contributed by atoms with Crippen molar-refractivity contribution in [1.82, 2.24) is 5.32 Å². The van der Waals surface area contributed by atoms with Crippen LogP contribution in [0, 0.1) is 0 Å². The lowest BCUT2D eigenvalue weighted by molar-refractivity contribution is 0.154. The molecule has 0 aliphatic carbocycles. The molecule has 2 aromatic rings. The molecule has 0 radical (unpaired) electrons. The second kappa shape index (κ2) is 6.82. The normalized spacial score (nSPS) is 20.9. The van der Waals surface area contributed by atoms with Crippen molar-refractivity contribution in [2.45, 2.75) is 31.9 Å². The van der Waals surface area contributed by atoms with E-state index < -0.39 is 0 Å². The largest absolute Gasteiger partial charge is 0.484 e. The minimum atomic E-state index is 0.107. The molecule has 0 amide bonds. The second-order valence-electron chi connectivity index (χ2n) is 5.16. The maximum absolute atomic E-state index is 6.26. The molecule has 1 aliphatic rings. The van der Waals surface area contributed by atoms with Crippen LogP contribution < -0.4 is 10.1 Å². The molecule has 1 aromatic carbocycles. The number of rotatable bonds is 4. The van der Waals surface area contributed by atoms with Crippen LogP contribution in [-0.4, -0.2) is 6.54 Å². The Balaban J connectivity index is 1.93. The van der Waals surface area contributed by atoms with Crippen molar-refractivity contribution >= 4 is 43.2 Å². The summed E-state index contributed by atoms with van der Waals surface area (Å²) in [5.74, 6) is 0.981. The average molecular weight is 431 g/mol. The number of hydrogen-bond acceptors (Lipinski definition) is 3. The molecule has 1 aliphatic heterocycles. The number of thiophene rings is 1. The standard InChI is InChI=1S/C16H17Br2NOS/c1-2-6-19-13-9-15(16-12(18)5-7-21-16)20-14-8-10(17)3-4-11(13)14/h3-5,7-8,13,15,19H,2,6,9H2,1H3. The molecule has 21 heavy (non-hydrogen) atoms. The molecule has 0 spiro atoms. The van der Waals surface area contributed by atoms with E-state index in [9.17, 15) is 0 Å². The van der Waals surface area contributed by atoms with Gasteiger partial charge in [0.05, 0.1) is 4.88 Å². The van der Waals surface area contributed by atoms with E-state index in [2.05, 4.69) is 73.7 Å². The van der Waals surface area contributed by atoms with Crippen LogP contribution in [0.3, 0.4) is 0 Å². The van der Waals surface area contributed by atoms with Gasteiger partial charge < -0.3 is 10.1 Å². The zero-order valence-corrected chi connectivity index (χ0v) is 15.7. The quantitative estimate of drug-likeness (QED) is 0.657. The van der Waals surface area contributed by atoms with Crippen LogP contribution in [0.2, 0.25) is 0 Å². The lowest BCUT2D eigenvalue weighted by Gasteiger charge is -2.33. The van der Waals surface area contributed by atoms with E-state index in [1.54, 1.807) is 11.3 Å². The first-order valence-electron chi connectivity index (χ1n) is 7.11. The fraction of sp³-hybridized carbons (Fsp3) is 0.375. The van der Waals surface area contributed by atoms with E-state index in [1.807, 2.05) is 0 Å². The second-order valence-corrected chi connectivity index (χ2v) is 7.88. The molecule has 0 fully saturated rings. The van der Waals surface area contributed by atoms with Crippen LogP contribution in [-0.2, 0) is 0 Å². The summed E-state index contributed by atoms with van der Waals surface area (Å²) in [7, 11) is 0. The molecule has 2 heterocycles. The molecule has 112 valence electrons. The van der Waals surface area contributed by atoms with Crippen molar-refractivity contribution < 1.29 is 4.74 Å². The number of ether oxygens (including phenoxy) is 1. The van der Waals surface area contributed by atoms with Gasteiger partial charge in [-0.2, -0.15) is 0 Å². The van der Waals surface area contributed by atoms with E-state index in [1.165, 1.54) is 10.4 Å². The minimum absolute atomic E-state index is 0.107. The van der Waals surface area contributed by atoms with E-state index in [-0.39, 0.29) is 6.10 Å². The van der Waals surface area contributed by atoms with Crippen LogP contribution >= 0.6 is 43.2 Å². The summed E-state index contributed by atoms with van der Waals surface area (Å²) < 4.78 is 8.46. The van der Waals surface area contributed by atoms with E-state index >= 15 is 0 Å². The molecule has 0 bridgehead atoms. The molecule has 0 saturated heterocycles. The van der Waals surface area contributed by atoms with Gasteiger partial charge in [0.25, 0.3) is 0 Å². The molecular weight excluding hydrogens is 414 g/mol. The van der Waals surface area contributed by atoms with Crippen molar-refractivity contribution in [3.8, 4) is 5.75 Å². The van der Waals surface area contributed by atoms with E-state index in [0.717, 1.165) is 34.1 Å². The molecule has 0 saturated carbocycles. The van der Waals surface area contributed by atoms with Gasteiger partial charge in [-0.3, -0.25) is 0 Å². The summed E-state index contributed by atoms with van der Waals surface area (Å²) in [5, 5.41) is 5.76. The summed E-state index contributed by atoms with van der Waals surface area (Å²) in [5.41, 5.74) is 1.26. The highest BCUT2D eigenvalue weighted by Crippen LogP contribution is 2.44. The summed E-state index contributed by atoms with van der Waals surface area (Å²) in [6, 6.07) is 8.76. The number of halogens is 2. The Bertz CT molecular complexity index is 628. The Morgan fingerprint density at radius 2 is 2.19 bits per heavy atom. The Labute approximate surface area is 146 Å². The van der Waals surface area contributed by atoms with Crippen LogP contribution in [0.5, 0.6) is 5.75 Å². The molecule has 1 N–H and O–H groups in total. The number of fused-ring (bicyclic) bond motifs is 1. The monoisotopic (exact) mass is 429 g/mol. The fourth-order valence-corrected chi connectivity index (χ4v) is 4.66. The van der Waals surface area contributed by atoms with Gasteiger partial charge in [0.15, 0.2) is 0 Å². The molecular formula is C16H17Br2NOS. The number of hydrogen-bond donors (Lipinski definition) is 1. The Morgan fingerprint density at radius 1 is 1.33 bits per heavy atom. The fourth-order valence-electron chi connectivity index (χ4n) is 2.65. The smallest absolute Gasteiger partial charge is 0.136 e. The SMILES string of the molecule is CCCNC1CC(c2sccc2Br)Oc2cc(Br)ccc21. The van der Waals surface area contributed by atoms with Crippen LogP contribution in [0.15, 0.2) is 38.6 Å². The molecule has 2 atom stereocenters. The highest BCUT2D eigenvalue weighted by atomic mass is 79.9. The van der Waals surface area contributed by atoms with Crippen LogP contribution in [0.1, 0.15) is 42.4 Å². The van der Waals surface area contributed by atoms with E-state index in [4.69, 9.17) is 4.74 Å². The van der Waals surface area contributed by atoms with Gasteiger partial charge in [0.2, 0.25) is 0 Å². The zero-order chi connectivity index (χ0) is 14.8. The van der Waals surface area contributed by atoms with Crippen molar-refractivity contribution in [2.75, 3.05) is 6.54 Å². The van der Waals surface area contributed by atoms with Gasteiger partial charge in [-0.05, 0) is 52.5 Å². The average Bonchev–Trinajstić information content (AvgIpc) is 2.90. The first kappa shape index (κ1) is 15.5. The third kappa shape index (κ3) is 3.36. The van der Waals surface area contributed by atoms with Crippen molar-refractivity contribution in [1.29, 1.82) is 0 Å². The molecule has 2 unspecified atom stereocenters.